The summed E-state index contributed by atoms with van der Waals surface area (Å²) in [5.41, 5.74) is 0.620. The molecule has 23 heavy (non-hydrogen) atoms. The number of benzene rings is 1. The Morgan fingerprint density at radius 1 is 1.30 bits per heavy atom. The number of hydrogen-bond acceptors (Lipinski definition) is 4. The number of sulfonamides is 1. The number of aromatic nitrogens is 1. The molecule has 0 unspecified atom stereocenters. The molecule has 0 fully saturated rings. The summed E-state index contributed by atoms with van der Waals surface area (Å²) in [6, 6.07) is 8.23. The van der Waals surface area contributed by atoms with E-state index in [-0.39, 0.29) is 18.0 Å². The van der Waals surface area contributed by atoms with E-state index in [9.17, 15) is 8.42 Å². The van der Waals surface area contributed by atoms with E-state index < -0.39 is 10.0 Å². The van der Waals surface area contributed by atoms with Crippen LogP contribution in [0.4, 0.5) is 0 Å². The Bertz CT molecular complexity index is 827. The first-order chi connectivity index (χ1) is 11.0. The van der Waals surface area contributed by atoms with Crippen LogP contribution in [0.1, 0.15) is 5.56 Å². The van der Waals surface area contributed by atoms with Crippen molar-refractivity contribution in [1.82, 2.24) is 9.71 Å². The largest absolute Gasteiger partial charge is 0.479 e. The van der Waals surface area contributed by atoms with Gasteiger partial charge in [-0.3, -0.25) is 4.98 Å². The molecule has 0 atom stereocenters. The molecule has 0 radical (unpaired) electrons. The van der Waals surface area contributed by atoms with Gasteiger partial charge in [0.1, 0.15) is 12.4 Å². The Morgan fingerprint density at radius 3 is 2.87 bits per heavy atom. The fourth-order valence-electron chi connectivity index (χ4n) is 1.74. The van der Waals surface area contributed by atoms with E-state index in [4.69, 9.17) is 16.3 Å². The van der Waals surface area contributed by atoms with Crippen LogP contribution in [0.15, 0.2) is 47.6 Å². The Kier molecular flexibility index (Phi) is 5.99. The number of hydrogen-bond donors (Lipinski definition) is 1. The molecule has 1 aromatic heterocycles. The fraction of sp³-hybridized carbons (Fsp3) is 0.188. The van der Waals surface area contributed by atoms with Gasteiger partial charge in [0.05, 0.1) is 17.6 Å². The van der Waals surface area contributed by atoms with Gasteiger partial charge in [-0.15, -0.1) is 0 Å². The van der Waals surface area contributed by atoms with E-state index in [0.717, 1.165) is 0 Å². The standard InChI is InChI=1S/C16H15ClN2O3S/c1-13-6-7-14(17)11-16(13)23(20,21)19-9-2-3-10-22-15-5-4-8-18-12-15/h4-8,11-12,19H,9-10H2,1H3. The molecule has 1 heterocycles. The number of nitrogens with one attached hydrogen (secondary N) is 1. The smallest absolute Gasteiger partial charge is 0.241 e. The van der Waals surface area contributed by atoms with Crippen molar-refractivity contribution in [1.29, 1.82) is 0 Å². The maximum absolute atomic E-state index is 12.2. The summed E-state index contributed by atoms with van der Waals surface area (Å²) >= 11 is 5.84. The molecule has 0 saturated carbocycles. The van der Waals surface area contributed by atoms with Gasteiger partial charge in [0.15, 0.2) is 0 Å². The molecule has 2 rings (SSSR count). The molecular weight excluding hydrogens is 336 g/mol. The monoisotopic (exact) mass is 350 g/mol. The highest BCUT2D eigenvalue weighted by Crippen LogP contribution is 2.19. The third-order valence-electron chi connectivity index (χ3n) is 2.86. The summed E-state index contributed by atoms with van der Waals surface area (Å²) in [5, 5.41) is 0.368. The lowest BCUT2D eigenvalue weighted by atomic mass is 10.2. The van der Waals surface area contributed by atoms with Gasteiger partial charge in [-0.25, -0.2) is 8.42 Å². The molecule has 7 heteroatoms. The predicted molar refractivity (Wildman–Crippen MR) is 88.9 cm³/mol. The molecule has 0 aliphatic carbocycles. The first-order valence-corrected chi connectivity index (χ1v) is 8.59. The van der Waals surface area contributed by atoms with Crippen molar-refractivity contribution < 1.29 is 13.2 Å². The minimum absolute atomic E-state index is 0.00924. The summed E-state index contributed by atoms with van der Waals surface area (Å²) in [7, 11) is -3.64. The number of ether oxygens (including phenoxy) is 1. The van der Waals surface area contributed by atoms with Crippen LogP contribution in [0.5, 0.6) is 5.75 Å². The van der Waals surface area contributed by atoms with Crippen molar-refractivity contribution in [2.24, 2.45) is 0 Å². The predicted octanol–water partition coefficient (Wildman–Crippen LogP) is 2.40. The maximum atomic E-state index is 12.2. The first-order valence-electron chi connectivity index (χ1n) is 6.73. The lowest BCUT2D eigenvalue weighted by molar-refractivity contribution is 0.368. The van der Waals surface area contributed by atoms with E-state index >= 15 is 0 Å². The summed E-state index contributed by atoms with van der Waals surface area (Å²) in [4.78, 5) is 4.06. The van der Waals surface area contributed by atoms with Gasteiger partial charge in [0, 0.05) is 11.2 Å². The zero-order valence-corrected chi connectivity index (χ0v) is 14.0. The number of aryl methyl sites for hydroxylation is 1. The number of halogens is 1. The highest BCUT2D eigenvalue weighted by atomic mass is 35.5. The minimum Gasteiger partial charge on any atom is -0.479 e. The highest BCUT2D eigenvalue weighted by Gasteiger charge is 2.16. The van der Waals surface area contributed by atoms with E-state index in [2.05, 4.69) is 21.5 Å². The second kappa shape index (κ2) is 7.97. The average Bonchev–Trinajstić information content (AvgIpc) is 2.54. The number of pyridine rings is 1. The molecule has 0 saturated heterocycles. The molecule has 0 aliphatic rings. The second-order valence-corrected chi connectivity index (χ2v) is 6.74. The molecule has 0 amide bonds. The van der Waals surface area contributed by atoms with E-state index in [0.29, 0.717) is 16.3 Å². The van der Waals surface area contributed by atoms with Crippen LogP contribution in [0.25, 0.3) is 0 Å². The van der Waals surface area contributed by atoms with Gasteiger partial charge < -0.3 is 4.74 Å². The average molecular weight is 351 g/mol. The quantitative estimate of drug-likeness (QED) is 0.841. The van der Waals surface area contributed by atoms with Gasteiger partial charge in [0.2, 0.25) is 10.0 Å². The van der Waals surface area contributed by atoms with Gasteiger partial charge in [-0.2, -0.15) is 4.72 Å². The van der Waals surface area contributed by atoms with Crippen molar-refractivity contribution in [2.75, 3.05) is 13.2 Å². The molecule has 1 N–H and O–H groups in total. The van der Waals surface area contributed by atoms with E-state index in [1.54, 1.807) is 43.6 Å². The number of rotatable bonds is 5. The van der Waals surface area contributed by atoms with Crippen LogP contribution in [0.3, 0.4) is 0 Å². The Balaban J connectivity index is 1.88. The Morgan fingerprint density at radius 2 is 2.13 bits per heavy atom. The van der Waals surface area contributed by atoms with Gasteiger partial charge >= 0.3 is 0 Å². The third-order valence-corrected chi connectivity index (χ3v) is 4.64. The van der Waals surface area contributed by atoms with Crippen LogP contribution in [0, 0.1) is 18.8 Å². The van der Waals surface area contributed by atoms with Gasteiger partial charge in [-0.1, -0.05) is 29.5 Å². The minimum atomic E-state index is -3.64. The Hall–Kier alpha value is -2.07. The molecule has 1 aromatic carbocycles. The lowest BCUT2D eigenvalue weighted by Gasteiger charge is -2.07. The second-order valence-electron chi connectivity index (χ2n) is 4.57. The first kappa shape index (κ1) is 17.3. The normalized spacial score (nSPS) is 10.7. The Labute approximate surface area is 140 Å². The SMILES string of the molecule is Cc1ccc(Cl)cc1S(=O)(=O)NCC#CCOc1cccnc1. The van der Waals surface area contributed by atoms with E-state index in [1.165, 1.54) is 6.07 Å². The molecule has 0 aliphatic heterocycles. The molecular formula is C16H15ClN2O3S. The van der Waals surface area contributed by atoms with Crippen LogP contribution >= 0.6 is 11.6 Å². The lowest BCUT2D eigenvalue weighted by Crippen LogP contribution is -2.24. The van der Waals surface area contributed by atoms with Crippen LogP contribution in [-0.2, 0) is 10.0 Å². The van der Waals surface area contributed by atoms with Crippen LogP contribution in [0.2, 0.25) is 5.02 Å². The van der Waals surface area contributed by atoms with E-state index in [1.807, 2.05) is 0 Å². The molecule has 2 aromatic rings. The van der Waals surface area contributed by atoms with Crippen molar-refractivity contribution >= 4 is 21.6 Å². The summed E-state index contributed by atoms with van der Waals surface area (Å²) in [6.45, 7) is 1.85. The summed E-state index contributed by atoms with van der Waals surface area (Å²) < 4.78 is 32.1. The molecule has 5 nitrogen and oxygen atoms in total. The zero-order valence-electron chi connectivity index (χ0n) is 12.4. The summed E-state index contributed by atoms with van der Waals surface area (Å²) in [6.07, 6.45) is 3.22. The van der Waals surface area contributed by atoms with Gasteiger partial charge in [0.25, 0.3) is 0 Å². The molecule has 120 valence electrons. The van der Waals surface area contributed by atoms with Crippen LogP contribution in [-0.4, -0.2) is 26.6 Å². The van der Waals surface area contributed by atoms with Crippen molar-refractivity contribution in [3.63, 3.8) is 0 Å². The highest BCUT2D eigenvalue weighted by molar-refractivity contribution is 7.89. The summed E-state index contributed by atoms with van der Waals surface area (Å²) in [5.74, 6) is 6.04. The van der Waals surface area contributed by atoms with Crippen molar-refractivity contribution in [2.45, 2.75) is 11.8 Å². The fourth-order valence-corrected chi connectivity index (χ4v) is 3.17. The van der Waals surface area contributed by atoms with Crippen molar-refractivity contribution in [3.8, 4) is 17.6 Å². The maximum Gasteiger partial charge on any atom is 0.241 e. The number of nitrogens with zero attached hydrogens (tertiary/aromatic N) is 1. The topological polar surface area (TPSA) is 68.3 Å². The van der Waals surface area contributed by atoms with Crippen molar-refractivity contribution in [3.05, 3.63) is 53.3 Å². The molecule has 0 spiro atoms. The van der Waals surface area contributed by atoms with Gasteiger partial charge in [-0.05, 0) is 36.8 Å². The zero-order chi connectivity index (χ0) is 16.7. The third kappa shape index (κ3) is 5.25. The van der Waals surface area contributed by atoms with Crippen LogP contribution < -0.4 is 9.46 Å². The molecule has 0 bridgehead atoms.